The average molecular weight is 453 g/mol. The van der Waals surface area contributed by atoms with Gasteiger partial charge < -0.3 is 18.7 Å². The Hall–Kier alpha value is -3.79. The molecule has 0 saturated carbocycles. The van der Waals surface area contributed by atoms with E-state index in [0.29, 0.717) is 41.4 Å². The molecule has 0 amide bonds. The van der Waals surface area contributed by atoms with Crippen molar-refractivity contribution in [1.29, 1.82) is 0 Å². The maximum absolute atomic E-state index is 13.1. The zero-order valence-electron chi connectivity index (χ0n) is 17.1. The van der Waals surface area contributed by atoms with Crippen LogP contribution in [0.3, 0.4) is 0 Å². The standard InChI is InChI=1S/C22H19N3O6S/c1-28-15-8-2-3-9-18(15)32(26,27)25-22-20-17(31-24-22)13-16(14-7-6-12-29-21(14)20)30-19-10-4-5-11-23-19/h2-5,8-11,13H,6-7,12H2,1H3,(H,24,25). The number of ether oxygens (including phenoxy) is 3. The largest absolute Gasteiger partial charge is 0.495 e. The molecule has 0 saturated heterocycles. The molecule has 0 fully saturated rings. The molecule has 164 valence electrons. The number of nitrogens with zero attached hydrogens (tertiary/aromatic N) is 2. The fraction of sp³-hybridized carbons (Fsp3) is 0.182. The van der Waals surface area contributed by atoms with Crippen molar-refractivity contribution in [3.05, 3.63) is 60.3 Å². The van der Waals surface area contributed by atoms with Crippen molar-refractivity contribution in [3.8, 4) is 23.1 Å². The first-order chi connectivity index (χ1) is 15.6. The summed E-state index contributed by atoms with van der Waals surface area (Å²) in [5.41, 5.74) is 1.13. The molecule has 0 aliphatic carbocycles. The molecule has 4 aromatic rings. The normalized spacial score (nSPS) is 13.3. The third-order valence-corrected chi connectivity index (χ3v) is 6.42. The number of aromatic nitrogens is 2. The lowest BCUT2D eigenvalue weighted by molar-refractivity contribution is 0.288. The number of pyridine rings is 1. The Morgan fingerprint density at radius 1 is 1.09 bits per heavy atom. The van der Waals surface area contributed by atoms with Crippen LogP contribution in [0.2, 0.25) is 0 Å². The first-order valence-corrected chi connectivity index (χ1v) is 11.4. The second-order valence-corrected chi connectivity index (χ2v) is 8.72. The van der Waals surface area contributed by atoms with Crippen LogP contribution in [-0.2, 0) is 16.4 Å². The van der Waals surface area contributed by atoms with Gasteiger partial charge in [-0.2, -0.15) is 0 Å². The highest BCUT2D eigenvalue weighted by molar-refractivity contribution is 7.92. The maximum atomic E-state index is 13.1. The summed E-state index contributed by atoms with van der Waals surface area (Å²) in [5.74, 6) is 1.70. The lowest BCUT2D eigenvalue weighted by Crippen LogP contribution is -2.15. The molecule has 0 atom stereocenters. The Morgan fingerprint density at radius 2 is 1.94 bits per heavy atom. The van der Waals surface area contributed by atoms with E-state index in [1.54, 1.807) is 42.6 Å². The monoisotopic (exact) mass is 453 g/mol. The second kappa shape index (κ2) is 8.04. The van der Waals surface area contributed by atoms with Gasteiger partial charge in [0.25, 0.3) is 10.0 Å². The zero-order chi connectivity index (χ0) is 22.1. The number of para-hydroxylation sites is 1. The van der Waals surface area contributed by atoms with Crippen LogP contribution in [0, 0.1) is 0 Å². The summed E-state index contributed by atoms with van der Waals surface area (Å²) in [6.45, 7) is 0.485. The van der Waals surface area contributed by atoms with Gasteiger partial charge in [0, 0.05) is 23.9 Å². The molecule has 32 heavy (non-hydrogen) atoms. The van der Waals surface area contributed by atoms with Crippen molar-refractivity contribution < 1.29 is 27.2 Å². The van der Waals surface area contributed by atoms with Crippen molar-refractivity contribution in [2.24, 2.45) is 0 Å². The SMILES string of the molecule is COc1ccccc1S(=O)(=O)Nc1noc2cc(Oc3ccccn3)c3c(c12)OCCC3. The van der Waals surface area contributed by atoms with Crippen LogP contribution in [0.5, 0.6) is 23.1 Å². The van der Waals surface area contributed by atoms with E-state index in [1.165, 1.54) is 13.2 Å². The fourth-order valence-electron chi connectivity index (χ4n) is 3.61. The number of nitrogens with one attached hydrogen (secondary N) is 1. The fourth-order valence-corrected chi connectivity index (χ4v) is 4.79. The molecule has 0 radical (unpaired) electrons. The summed E-state index contributed by atoms with van der Waals surface area (Å²) >= 11 is 0. The van der Waals surface area contributed by atoms with Crippen molar-refractivity contribution in [2.75, 3.05) is 18.4 Å². The molecule has 10 heteroatoms. The summed E-state index contributed by atoms with van der Waals surface area (Å²) in [7, 11) is -2.59. The van der Waals surface area contributed by atoms with Gasteiger partial charge in [0.15, 0.2) is 11.4 Å². The van der Waals surface area contributed by atoms with Gasteiger partial charge in [-0.3, -0.25) is 4.72 Å². The van der Waals surface area contributed by atoms with Crippen molar-refractivity contribution >= 4 is 26.8 Å². The van der Waals surface area contributed by atoms with Crippen LogP contribution in [0.4, 0.5) is 5.82 Å². The summed E-state index contributed by atoms with van der Waals surface area (Å²) in [6, 6.07) is 13.4. The first kappa shape index (κ1) is 20.1. The lowest BCUT2D eigenvalue weighted by Gasteiger charge is -2.21. The van der Waals surface area contributed by atoms with Gasteiger partial charge in [-0.1, -0.05) is 23.4 Å². The smallest absolute Gasteiger partial charge is 0.266 e. The Bertz CT molecular complexity index is 1390. The van der Waals surface area contributed by atoms with Crippen molar-refractivity contribution in [1.82, 2.24) is 10.1 Å². The van der Waals surface area contributed by atoms with Crippen LogP contribution < -0.4 is 18.9 Å². The highest BCUT2D eigenvalue weighted by Gasteiger charge is 2.28. The van der Waals surface area contributed by atoms with Crippen LogP contribution in [-0.4, -0.2) is 32.3 Å². The number of benzene rings is 2. The van der Waals surface area contributed by atoms with E-state index in [4.69, 9.17) is 18.7 Å². The molecule has 1 aliphatic heterocycles. The Morgan fingerprint density at radius 3 is 2.75 bits per heavy atom. The molecule has 5 rings (SSSR count). The van der Waals surface area contributed by atoms with Gasteiger partial charge in [0.05, 0.1) is 13.7 Å². The molecule has 2 aromatic carbocycles. The van der Waals surface area contributed by atoms with Gasteiger partial charge in [0.2, 0.25) is 5.88 Å². The quantitative estimate of drug-likeness (QED) is 0.463. The molecule has 9 nitrogen and oxygen atoms in total. The number of rotatable bonds is 6. The first-order valence-electron chi connectivity index (χ1n) is 9.89. The number of hydrogen-bond donors (Lipinski definition) is 1. The third-order valence-electron chi connectivity index (χ3n) is 5.04. The van der Waals surface area contributed by atoms with E-state index in [-0.39, 0.29) is 16.5 Å². The molecule has 1 aliphatic rings. The van der Waals surface area contributed by atoms with E-state index in [9.17, 15) is 8.42 Å². The Labute approximate surface area is 184 Å². The van der Waals surface area contributed by atoms with E-state index >= 15 is 0 Å². The minimum atomic E-state index is -4.00. The highest BCUT2D eigenvalue weighted by atomic mass is 32.2. The lowest BCUT2D eigenvalue weighted by atomic mass is 10.0. The highest BCUT2D eigenvalue weighted by Crippen LogP contribution is 2.44. The number of anilines is 1. The average Bonchev–Trinajstić information content (AvgIpc) is 3.21. The van der Waals surface area contributed by atoms with Crippen LogP contribution in [0.1, 0.15) is 12.0 Å². The minimum absolute atomic E-state index is 0.0106. The maximum Gasteiger partial charge on any atom is 0.266 e. The molecular weight excluding hydrogens is 434 g/mol. The summed E-state index contributed by atoms with van der Waals surface area (Å²) in [5, 5.41) is 4.40. The van der Waals surface area contributed by atoms with Crippen molar-refractivity contribution in [2.45, 2.75) is 17.7 Å². The van der Waals surface area contributed by atoms with E-state index in [0.717, 1.165) is 12.0 Å². The van der Waals surface area contributed by atoms with Crippen LogP contribution >= 0.6 is 0 Å². The number of methoxy groups -OCH3 is 1. The predicted molar refractivity (Wildman–Crippen MR) is 116 cm³/mol. The van der Waals surface area contributed by atoms with Gasteiger partial charge in [-0.05, 0) is 31.0 Å². The van der Waals surface area contributed by atoms with Gasteiger partial charge >= 0.3 is 0 Å². The molecule has 0 unspecified atom stereocenters. The zero-order valence-corrected chi connectivity index (χ0v) is 17.9. The Kier molecular flexibility index (Phi) is 5.06. The van der Waals surface area contributed by atoms with Crippen LogP contribution in [0.25, 0.3) is 11.0 Å². The van der Waals surface area contributed by atoms with E-state index in [1.807, 2.05) is 6.07 Å². The summed E-state index contributed by atoms with van der Waals surface area (Å²) in [6.07, 6.45) is 3.12. The molecular formula is C22H19N3O6S. The van der Waals surface area contributed by atoms with Gasteiger partial charge in [0.1, 0.15) is 27.5 Å². The molecule has 1 N–H and O–H groups in total. The van der Waals surface area contributed by atoms with E-state index in [2.05, 4.69) is 14.9 Å². The second-order valence-electron chi connectivity index (χ2n) is 7.07. The molecule has 0 bridgehead atoms. The number of sulfonamides is 1. The Balaban J connectivity index is 1.59. The molecule has 3 heterocycles. The minimum Gasteiger partial charge on any atom is -0.495 e. The molecule has 2 aromatic heterocycles. The number of hydrogen-bond acceptors (Lipinski definition) is 8. The van der Waals surface area contributed by atoms with Gasteiger partial charge in [-0.25, -0.2) is 13.4 Å². The molecule has 0 spiro atoms. The predicted octanol–water partition coefficient (Wildman–Crippen LogP) is 4.15. The van der Waals surface area contributed by atoms with E-state index < -0.39 is 10.0 Å². The van der Waals surface area contributed by atoms with Crippen LogP contribution in [0.15, 0.2) is 64.1 Å². The van der Waals surface area contributed by atoms with Gasteiger partial charge in [-0.15, -0.1) is 0 Å². The topological polar surface area (TPSA) is 113 Å². The number of fused-ring (bicyclic) bond motifs is 3. The summed E-state index contributed by atoms with van der Waals surface area (Å²) in [4.78, 5) is 4.18. The summed E-state index contributed by atoms with van der Waals surface area (Å²) < 4.78 is 51.1. The van der Waals surface area contributed by atoms with Crippen molar-refractivity contribution in [3.63, 3.8) is 0 Å². The third kappa shape index (κ3) is 3.58.